The van der Waals surface area contributed by atoms with Gasteiger partial charge in [0.2, 0.25) is 5.13 Å². The molecule has 3 rings (SSSR count). The first-order valence-electron chi connectivity index (χ1n) is 9.27. The summed E-state index contributed by atoms with van der Waals surface area (Å²) in [6, 6.07) is 8.54. The fraction of sp³-hybridized carbons (Fsp3) is 0.579. The topological polar surface area (TPSA) is 73.5 Å². The van der Waals surface area contributed by atoms with Gasteiger partial charge in [-0.3, -0.25) is 0 Å². The first-order chi connectivity index (χ1) is 12.8. The molecule has 0 radical (unpaired) electrons. The van der Waals surface area contributed by atoms with Crippen molar-refractivity contribution in [2.45, 2.75) is 25.7 Å². The average molecular weight is 377 g/mol. The van der Waals surface area contributed by atoms with Gasteiger partial charge in [-0.15, -0.1) is 10.2 Å². The second-order valence-corrected chi connectivity index (χ2v) is 7.71. The van der Waals surface area contributed by atoms with Gasteiger partial charge in [0.25, 0.3) is 0 Å². The maximum atomic E-state index is 5.83. The summed E-state index contributed by atoms with van der Waals surface area (Å²) >= 11 is 1.42. The van der Waals surface area contributed by atoms with Gasteiger partial charge in [0, 0.05) is 51.3 Å². The summed E-state index contributed by atoms with van der Waals surface area (Å²) in [6.45, 7) is 4.73. The molecule has 2 heterocycles. The lowest BCUT2D eigenvalue weighted by Crippen LogP contribution is -2.35. The maximum absolute atomic E-state index is 5.83. The van der Waals surface area contributed by atoms with Crippen molar-refractivity contribution in [3.8, 4) is 10.6 Å². The van der Waals surface area contributed by atoms with Crippen LogP contribution in [0.4, 0.5) is 10.8 Å². The van der Waals surface area contributed by atoms with Gasteiger partial charge in [-0.1, -0.05) is 11.3 Å². The first-order valence-corrected chi connectivity index (χ1v) is 10.1. The average Bonchev–Trinajstić information content (AvgIpc) is 3.12. The molecule has 26 heavy (non-hydrogen) atoms. The van der Waals surface area contributed by atoms with Gasteiger partial charge >= 0.3 is 0 Å². The van der Waals surface area contributed by atoms with Crippen LogP contribution in [0.25, 0.3) is 10.6 Å². The van der Waals surface area contributed by atoms with Gasteiger partial charge in [-0.2, -0.15) is 0 Å². The molecule has 2 N–H and O–H groups in total. The third-order valence-electron chi connectivity index (χ3n) is 4.78. The van der Waals surface area contributed by atoms with Crippen LogP contribution < -0.4 is 10.6 Å². The Morgan fingerprint density at radius 2 is 1.85 bits per heavy atom. The summed E-state index contributed by atoms with van der Waals surface area (Å²) in [5.74, 6) is 0.678. The fourth-order valence-electron chi connectivity index (χ4n) is 3.22. The molecule has 0 atom stereocenters. The molecule has 1 fully saturated rings. The van der Waals surface area contributed by atoms with E-state index in [2.05, 4.69) is 39.4 Å². The Hall–Kier alpha value is -1.70. The molecule has 1 saturated heterocycles. The van der Waals surface area contributed by atoms with Crippen LogP contribution >= 0.6 is 11.3 Å². The third kappa shape index (κ3) is 5.40. The van der Waals surface area contributed by atoms with E-state index in [1.807, 2.05) is 0 Å². The highest BCUT2D eigenvalue weighted by atomic mass is 32.1. The van der Waals surface area contributed by atoms with Crippen molar-refractivity contribution in [1.82, 2.24) is 10.2 Å². The lowest BCUT2D eigenvalue weighted by atomic mass is 9.97. The van der Waals surface area contributed by atoms with Crippen molar-refractivity contribution >= 4 is 22.2 Å². The minimum atomic E-state index is 0.507. The highest BCUT2D eigenvalue weighted by Crippen LogP contribution is 2.28. The number of aromatic nitrogens is 2. The van der Waals surface area contributed by atoms with Crippen LogP contribution in [0.3, 0.4) is 0 Å². The number of benzene rings is 1. The molecule has 0 spiro atoms. The van der Waals surface area contributed by atoms with Gasteiger partial charge < -0.3 is 20.1 Å². The molecule has 2 aromatic rings. The van der Waals surface area contributed by atoms with E-state index in [-0.39, 0.29) is 0 Å². The maximum Gasteiger partial charge on any atom is 0.203 e. The van der Waals surface area contributed by atoms with Crippen molar-refractivity contribution in [2.75, 3.05) is 50.7 Å². The predicted octanol–water partition coefficient (Wildman–Crippen LogP) is 3.45. The minimum absolute atomic E-state index is 0.507. The number of anilines is 2. The van der Waals surface area contributed by atoms with E-state index in [1.165, 1.54) is 29.9 Å². The smallest absolute Gasteiger partial charge is 0.203 e. The number of rotatable bonds is 9. The number of unbranched alkanes of at least 4 members (excludes halogenated alkanes) is 1. The fourth-order valence-corrected chi connectivity index (χ4v) is 3.84. The summed E-state index contributed by atoms with van der Waals surface area (Å²) in [5.41, 5.74) is 8.00. The molecule has 1 aliphatic heterocycles. The van der Waals surface area contributed by atoms with E-state index in [0.29, 0.717) is 11.0 Å². The van der Waals surface area contributed by atoms with Crippen molar-refractivity contribution in [3.63, 3.8) is 0 Å². The molecule has 1 aromatic heterocycles. The summed E-state index contributed by atoms with van der Waals surface area (Å²) in [6.07, 6.45) is 4.54. The Labute approximate surface area is 159 Å². The van der Waals surface area contributed by atoms with Crippen LogP contribution in [0.15, 0.2) is 24.3 Å². The number of hydrogen-bond acceptors (Lipinski definition) is 7. The molecule has 0 bridgehead atoms. The van der Waals surface area contributed by atoms with Crippen molar-refractivity contribution in [1.29, 1.82) is 0 Å². The molecule has 1 aliphatic rings. The lowest BCUT2D eigenvalue weighted by molar-refractivity contribution is 0.0823. The largest absolute Gasteiger partial charge is 0.385 e. The monoisotopic (exact) mass is 376 g/mol. The Bertz CT molecular complexity index is 654. The van der Waals surface area contributed by atoms with Gasteiger partial charge in [-0.25, -0.2) is 0 Å². The summed E-state index contributed by atoms with van der Waals surface area (Å²) in [4.78, 5) is 2.45. The van der Waals surface area contributed by atoms with Crippen LogP contribution in [0, 0.1) is 5.92 Å². The number of ether oxygens (including phenoxy) is 2. The Morgan fingerprint density at radius 1 is 1.12 bits per heavy atom. The number of nitrogen functional groups attached to an aromatic ring is 1. The number of hydrogen-bond donors (Lipinski definition) is 1. The Balaban J connectivity index is 1.40. The quantitative estimate of drug-likeness (QED) is 0.676. The molecule has 6 nitrogen and oxygen atoms in total. The Morgan fingerprint density at radius 3 is 2.50 bits per heavy atom. The van der Waals surface area contributed by atoms with Gasteiger partial charge in [0.1, 0.15) is 5.01 Å². The van der Waals surface area contributed by atoms with E-state index >= 15 is 0 Å². The van der Waals surface area contributed by atoms with E-state index in [9.17, 15) is 0 Å². The van der Waals surface area contributed by atoms with Crippen molar-refractivity contribution in [3.05, 3.63) is 24.3 Å². The molecule has 0 amide bonds. The third-order valence-corrected chi connectivity index (χ3v) is 5.58. The molecular weight excluding hydrogens is 348 g/mol. The zero-order valence-electron chi connectivity index (χ0n) is 15.4. The number of methoxy groups -OCH3 is 1. The highest BCUT2D eigenvalue weighted by Gasteiger charge is 2.19. The zero-order valence-corrected chi connectivity index (χ0v) is 16.2. The van der Waals surface area contributed by atoms with Gasteiger partial charge in [-0.05, 0) is 55.9 Å². The number of piperidine rings is 1. The molecular formula is C19H28N4O2S. The number of nitrogens with zero attached hydrogens (tertiary/aromatic N) is 3. The second-order valence-electron chi connectivity index (χ2n) is 6.70. The second kappa shape index (κ2) is 9.85. The summed E-state index contributed by atoms with van der Waals surface area (Å²) in [7, 11) is 1.74. The standard InChI is InChI=1S/C19H28N4O2S/c1-24-12-2-3-13-25-14-15-8-10-23(11-9-15)17-6-4-16(5-7-17)18-21-22-19(20)26-18/h4-7,15H,2-3,8-14H2,1H3,(H2,20,22). The minimum Gasteiger partial charge on any atom is -0.385 e. The summed E-state index contributed by atoms with van der Waals surface area (Å²) < 4.78 is 10.9. The van der Waals surface area contributed by atoms with Crippen molar-refractivity contribution < 1.29 is 9.47 Å². The molecule has 0 saturated carbocycles. The van der Waals surface area contributed by atoms with E-state index in [1.54, 1.807) is 7.11 Å². The van der Waals surface area contributed by atoms with Gasteiger partial charge in [0.05, 0.1) is 0 Å². The molecule has 1 aromatic carbocycles. The van der Waals surface area contributed by atoms with Crippen LogP contribution in [0.5, 0.6) is 0 Å². The van der Waals surface area contributed by atoms with E-state index in [4.69, 9.17) is 15.2 Å². The van der Waals surface area contributed by atoms with E-state index < -0.39 is 0 Å². The highest BCUT2D eigenvalue weighted by molar-refractivity contribution is 7.18. The summed E-state index contributed by atoms with van der Waals surface area (Å²) in [5, 5.41) is 9.35. The molecule has 142 valence electrons. The van der Waals surface area contributed by atoms with Crippen molar-refractivity contribution in [2.24, 2.45) is 5.92 Å². The zero-order chi connectivity index (χ0) is 18.2. The van der Waals surface area contributed by atoms with Crippen LogP contribution in [0.1, 0.15) is 25.7 Å². The first kappa shape index (κ1) is 19.1. The predicted molar refractivity (Wildman–Crippen MR) is 107 cm³/mol. The normalized spacial score (nSPS) is 15.5. The Kier molecular flexibility index (Phi) is 7.22. The van der Waals surface area contributed by atoms with Crippen LogP contribution in [0.2, 0.25) is 0 Å². The molecule has 0 aliphatic carbocycles. The number of nitrogens with two attached hydrogens (primary N) is 1. The van der Waals surface area contributed by atoms with E-state index in [0.717, 1.165) is 56.3 Å². The lowest BCUT2D eigenvalue weighted by Gasteiger charge is -2.33. The SMILES string of the molecule is COCCCCOCC1CCN(c2ccc(-c3nnc(N)s3)cc2)CC1. The molecule has 0 unspecified atom stereocenters. The van der Waals surface area contributed by atoms with Crippen LogP contribution in [-0.2, 0) is 9.47 Å². The van der Waals surface area contributed by atoms with Gasteiger partial charge in [0.15, 0.2) is 0 Å². The van der Waals surface area contributed by atoms with Crippen LogP contribution in [-0.4, -0.2) is 50.2 Å². The molecule has 7 heteroatoms.